The van der Waals surface area contributed by atoms with Gasteiger partial charge in [-0.05, 0) is 62.1 Å². The molecule has 0 bridgehead atoms. The van der Waals surface area contributed by atoms with E-state index < -0.39 is 4.92 Å². The molecule has 15 heteroatoms. The number of halogens is 2. The number of unbranched alkanes of at least 4 members (excludes halogenated alkanes) is 10. The Morgan fingerprint density at radius 1 is 0.734 bits per heavy atom. The Hall–Kier alpha value is -4.75. The molecule has 0 unspecified atom stereocenters. The summed E-state index contributed by atoms with van der Waals surface area (Å²) in [5.74, 6) is 2.83. The SMILES string of the molecule is C=C(CCCl)OCCOc1cc(N)c(OCCOC=O)cc1NNc1ccc(N(CCCCCCCC)CCCCCCCC)cc1C.CC.CCCCl.Nc1ccc([N+](=O)[O-])cc1. The molecule has 0 heterocycles. The molecule has 362 valence electrons. The molecular formula is C49H80Cl2N6O7. The minimum atomic E-state index is -0.459. The van der Waals surface area contributed by atoms with E-state index in [1.165, 1.54) is 107 Å². The van der Waals surface area contributed by atoms with Crippen molar-refractivity contribution in [3.05, 3.63) is 82.6 Å². The molecule has 0 aliphatic carbocycles. The highest BCUT2D eigenvalue weighted by molar-refractivity contribution is 6.18. The van der Waals surface area contributed by atoms with E-state index in [9.17, 15) is 14.9 Å². The number of alkyl halides is 2. The maximum atomic E-state index is 10.5. The topological polar surface area (TPSA) is 176 Å². The lowest BCUT2D eigenvalue weighted by Gasteiger charge is -2.26. The van der Waals surface area contributed by atoms with E-state index in [0.717, 1.165) is 36.6 Å². The van der Waals surface area contributed by atoms with Crippen LogP contribution in [0.2, 0.25) is 0 Å². The molecule has 6 N–H and O–H groups in total. The molecule has 0 spiro atoms. The Labute approximate surface area is 395 Å². The van der Waals surface area contributed by atoms with E-state index >= 15 is 0 Å². The van der Waals surface area contributed by atoms with Gasteiger partial charge >= 0.3 is 0 Å². The number of carbonyl (C=O) groups is 1. The summed E-state index contributed by atoms with van der Waals surface area (Å²) in [6.07, 6.45) is 17.2. The summed E-state index contributed by atoms with van der Waals surface area (Å²) >= 11 is 11.0. The highest BCUT2D eigenvalue weighted by Gasteiger charge is 2.13. The summed E-state index contributed by atoms with van der Waals surface area (Å²) in [5.41, 5.74) is 23.2. The number of allylic oxidation sites excluding steroid dienone is 1. The molecule has 3 aromatic carbocycles. The number of hydrogen-bond acceptors (Lipinski definition) is 12. The van der Waals surface area contributed by atoms with Crippen molar-refractivity contribution in [3.8, 4) is 11.5 Å². The van der Waals surface area contributed by atoms with Crippen LogP contribution in [0.25, 0.3) is 0 Å². The molecule has 0 aliphatic rings. The maximum Gasteiger partial charge on any atom is 0.293 e. The number of hydrazine groups is 1. The van der Waals surface area contributed by atoms with Crippen LogP contribution in [0.1, 0.15) is 130 Å². The number of nitrogens with one attached hydrogen (secondary N) is 2. The minimum absolute atomic E-state index is 0.0641. The molecule has 0 saturated heterocycles. The van der Waals surface area contributed by atoms with Crippen LogP contribution in [0.4, 0.5) is 34.1 Å². The summed E-state index contributed by atoms with van der Waals surface area (Å²) in [6.45, 7) is 20.0. The van der Waals surface area contributed by atoms with E-state index in [2.05, 4.69) is 61.3 Å². The summed E-state index contributed by atoms with van der Waals surface area (Å²) in [4.78, 5) is 22.7. The third-order valence-electron chi connectivity index (χ3n) is 9.42. The van der Waals surface area contributed by atoms with Gasteiger partial charge in [0, 0.05) is 66.9 Å². The molecule has 3 aromatic rings. The fourth-order valence-electron chi connectivity index (χ4n) is 5.93. The number of nitrogen functional groups attached to an aromatic ring is 2. The zero-order valence-electron chi connectivity index (χ0n) is 39.7. The van der Waals surface area contributed by atoms with Crippen LogP contribution in [0, 0.1) is 17.0 Å². The second-order valence-corrected chi connectivity index (χ2v) is 15.4. The molecule has 64 heavy (non-hydrogen) atoms. The first-order valence-corrected chi connectivity index (χ1v) is 24.2. The Morgan fingerprint density at radius 2 is 1.28 bits per heavy atom. The number of benzene rings is 3. The first-order chi connectivity index (χ1) is 31.0. The van der Waals surface area contributed by atoms with Gasteiger partial charge in [-0.15, -0.1) is 23.2 Å². The fourth-order valence-corrected chi connectivity index (χ4v) is 6.14. The Morgan fingerprint density at radius 3 is 1.81 bits per heavy atom. The molecule has 0 aromatic heterocycles. The van der Waals surface area contributed by atoms with Crippen LogP contribution in [0.3, 0.4) is 0 Å². The third kappa shape index (κ3) is 28.1. The number of carbonyl (C=O) groups excluding carboxylic acids is 1. The number of aryl methyl sites for hydroxylation is 1. The molecule has 0 atom stereocenters. The molecular weight excluding hydrogens is 855 g/mol. The van der Waals surface area contributed by atoms with Crippen molar-refractivity contribution in [1.82, 2.24) is 0 Å². The minimum Gasteiger partial charge on any atom is -0.495 e. The quantitative estimate of drug-likeness (QED) is 0.00887. The van der Waals surface area contributed by atoms with Crippen molar-refractivity contribution in [2.45, 2.75) is 131 Å². The normalized spacial score (nSPS) is 10.1. The monoisotopic (exact) mass is 935 g/mol. The van der Waals surface area contributed by atoms with Crippen molar-refractivity contribution >= 4 is 63.8 Å². The lowest BCUT2D eigenvalue weighted by molar-refractivity contribution is -0.384. The smallest absolute Gasteiger partial charge is 0.293 e. The van der Waals surface area contributed by atoms with Gasteiger partial charge in [-0.3, -0.25) is 20.3 Å². The Bertz CT molecular complexity index is 1630. The van der Waals surface area contributed by atoms with E-state index in [0.29, 0.717) is 59.7 Å². The highest BCUT2D eigenvalue weighted by atomic mass is 35.5. The van der Waals surface area contributed by atoms with E-state index in [-0.39, 0.29) is 25.5 Å². The second kappa shape index (κ2) is 39.8. The van der Waals surface area contributed by atoms with Crippen LogP contribution in [-0.2, 0) is 14.3 Å². The van der Waals surface area contributed by atoms with Crippen molar-refractivity contribution in [2.75, 3.05) is 78.5 Å². The summed E-state index contributed by atoms with van der Waals surface area (Å²) in [6, 6.07) is 15.8. The van der Waals surface area contributed by atoms with Crippen LogP contribution in [0.5, 0.6) is 11.5 Å². The summed E-state index contributed by atoms with van der Waals surface area (Å²) in [7, 11) is 0. The van der Waals surface area contributed by atoms with Crippen LogP contribution >= 0.6 is 23.2 Å². The zero-order chi connectivity index (χ0) is 47.8. The predicted octanol–water partition coefficient (Wildman–Crippen LogP) is 13.5. The van der Waals surface area contributed by atoms with E-state index in [4.69, 9.17) is 53.6 Å². The molecule has 0 aliphatic heterocycles. The number of anilines is 5. The molecule has 13 nitrogen and oxygen atoms in total. The molecule has 0 amide bonds. The summed E-state index contributed by atoms with van der Waals surface area (Å²) < 4.78 is 22.2. The van der Waals surface area contributed by atoms with Crippen LogP contribution in [0.15, 0.2) is 66.9 Å². The van der Waals surface area contributed by atoms with Gasteiger partial charge < -0.3 is 40.7 Å². The van der Waals surface area contributed by atoms with Crippen molar-refractivity contribution in [3.63, 3.8) is 0 Å². The third-order valence-corrected chi connectivity index (χ3v) is 9.99. The lowest BCUT2D eigenvalue weighted by atomic mass is 10.1. The lowest BCUT2D eigenvalue weighted by Crippen LogP contribution is -2.26. The molecule has 0 radical (unpaired) electrons. The number of rotatable bonds is 32. The number of ether oxygens (including phenoxy) is 4. The number of nitrogens with two attached hydrogens (primary N) is 2. The van der Waals surface area contributed by atoms with Gasteiger partial charge in [0.05, 0.1) is 27.7 Å². The molecule has 0 saturated carbocycles. The van der Waals surface area contributed by atoms with Gasteiger partial charge in [-0.1, -0.05) is 105 Å². The standard InChI is InChI=1S/C38H61ClN4O5.C6H6N2O2.C3H7Cl.C2H6/c1-5-7-9-11-13-15-21-43(22-16-14-12-10-8-6-2)33-17-18-35(31(3)27-33)41-42-36-29-37(47-24-23-45-30-44)34(40)28-38(36)48-26-25-46-32(4)19-20-39;7-5-1-3-6(4-2-5)8(9)10;1-2-3-4;1-2/h17-18,27-30,41-42H,4-16,19-26,40H2,1-3H3;1-4H,7H2;2-3H2,1H3;1-2H3. The number of nitro groups is 1. The van der Waals surface area contributed by atoms with Gasteiger partial charge in [0.15, 0.2) is 0 Å². The number of non-ortho nitro benzene ring substituents is 1. The van der Waals surface area contributed by atoms with Crippen LogP contribution in [-0.4, -0.2) is 62.7 Å². The van der Waals surface area contributed by atoms with E-state index in [1.807, 2.05) is 20.8 Å². The Balaban J connectivity index is 0.00000209. The van der Waals surface area contributed by atoms with Gasteiger partial charge in [0.2, 0.25) is 0 Å². The van der Waals surface area contributed by atoms with Crippen LogP contribution < -0.4 is 36.7 Å². The van der Waals surface area contributed by atoms with E-state index in [1.54, 1.807) is 12.1 Å². The van der Waals surface area contributed by atoms with Gasteiger partial charge in [0.25, 0.3) is 12.2 Å². The first-order valence-electron chi connectivity index (χ1n) is 23.1. The fraction of sp³-hybridized carbons (Fsp3) is 0.571. The largest absolute Gasteiger partial charge is 0.495 e. The summed E-state index contributed by atoms with van der Waals surface area (Å²) in [5, 5.41) is 10.1. The Kier molecular flexibility index (Phi) is 36.9. The maximum absolute atomic E-state index is 10.5. The van der Waals surface area contributed by atoms with Crippen molar-refractivity contribution < 1.29 is 28.7 Å². The average molecular weight is 936 g/mol. The van der Waals surface area contributed by atoms with Gasteiger partial charge in [-0.25, -0.2) is 0 Å². The number of nitro benzene ring substituents is 1. The van der Waals surface area contributed by atoms with Gasteiger partial charge in [-0.2, -0.15) is 0 Å². The zero-order valence-corrected chi connectivity index (χ0v) is 41.2. The molecule has 3 rings (SSSR count). The molecule has 0 fully saturated rings. The number of hydrogen-bond donors (Lipinski definition) is 4. The van der Waals surface area contributed by atoms with Crippen molar-refractivity contribution in [2.24, 2.45) is 0 Å². The first kappa shape index (κ1) is 59.2. The number of nitrogens with zero attached hydrogens (tertiary/aromatic N) is 2. The van der Waals surface area contributed by atoms with Gasteiger partial charge in [0.1, 0.15) is 37.9 Å². The highest BCUT2D eigenvalue weighted by Crippen LogP contribution is 2.35. The predicted molar refractivity (Wildman–Crippen MR) is 272 cm³/mol. The second-order valence-electron chi connectivity index (χ2n) is 14.7. The van der Waals surface area contributed by atoms with Crippen molar-refractivity contribution in [1.29, 1.82) is 0 Å². The average Bonchev–Trinajstić information content (AvgIpc) is 3.29.